The third-order valence-corrected chi connectivity index (χ3v) is 2.07. The highest BCUT2D eigenvalue weighted by molar-refractivity contribution is 7.80. The van der Waals surface area contributed by atoms with Crippen LogP contribution in [0.1, 0.15) is 12.8 Å². The van der Waals surface area contributed by atoms with Crippen molar-refractivity contribution in [1.82, 2.24) is 10.6 Å². The molecule has 0 aromatic heterocycles. The van der Waals surface area contributed by atoms with E-state index in [0.717, 1.165) is 5.70 Å². The standard InChI is InChI=1S/C8H10N2O2S/c11-7-3-6(4-12-7)10-8(13)9-5-1-2-5/h3,5H,1-2,4H2,(H2,9,10,13). The summed E-state index contributed by atoms with van der Waals surface area (Å²) in [4.78, 5) is 10.7. The fourth-order valence-corrected chi connectivity index (χ4v) is 1.34. The first kappa shape index (κ1) is 8.50. The summed E-state index contributed by atoms with van der Waals surface area (Å²) in [6.45, 7) is 0.297. The molecule has 0 amide bonds. The average Bonchev–Trinajstić information content (AvgIpc) is 2.76. The van der Waals surface area contributed by atoms with Gasteiger partial charge in [0.05, 0.1) is 5.70 Å². The largest absolute Gasteiger partial charge is 0.456 e. The summed E-state index contributed by atoms with van der Waals surface area (Å²) in [5.41, 5.74) is 0.725. The van der Waals surface area contributed by atoms with E-state index in [9.17, 15) is 4.79 Å². The summed E-state index contributed by atoms with van der Waals surface area (Å²) in [6, 6.07) is 0.527. The zero-order valence-electron chi connectivity index (χ0n) is 7.00. The van der Waals surface area contributed by atoms with Crippen molar-refractivity contribution < 1.29 is 9.53 Å². The van der Waals surface area contributed by atoms with E-state index in [1.807, 2.05) is 0 Å². The topological polar surface area (TPSA) is 50.4 Å². The lowest BCUT2D eigenvalue weighted by molar-refractivity contribution is -0.134. The van der Waals surface area contributed by atoms with Crippen LogP contribution in [0.4, 0.5) is 0 Å². The maximum Gasteiger partial charge on any atom is 0.333 e. The number of carbonyl (C=O) groups is 1. The molecule has 0 atom stereocenters. The summed E-state index contributed by atoms with van der Waals surface area (Å²) >= 11 is 5.02. The predicted molar refractivity (Wildman–Crippen MR) is 50.9 cm³/mol. The molecule has 1 aliphatic heterocycles. The normalized spacial score (nSPS) is 20.6. The zero-order chi connectivity index (χ0) is 9.26. The second-order valence-electron chi connectivity index (χ2n) is 3.15. The Labute approximate surface area is 81.3 Å². The molecule has 0 unspecified atom stereocenters. The van der Waals surface area contributed by atoms with Gasteiger partial charge in [-0.15, -0.1) is 0 Å². The van der Waals surface area contributed by atoms with Crippen molar-refractivity contribution in [3.8, 4) is 0 Å². The van der Waals surface area contributed by atoms with Crippen LogP contribution in [0.2, 0.25) is 0 Å². The van der Waals surface area contributed by atoms with E-state index in [2.05, 4.69) is 10.6 Å². The van der Waals surface area contributed by atoms with Gasteiger partial charge in [0, 0.05) is 12.1 Å². The van der Waals surface area contributed by atoms with Crippen molar-refractivity contribution in [1.29, 1.82) is 0 Å². The lowest BCUT2D eigenvalue weighted by Crippen LogP contribution is -2.36. The minimum absolute atomic E-state index is 0.297. The van der Waals surface area contributed by atoms with Crippen LogP contribution in [0.25, 0.3) is 0 Å². The van der Waals surface area contributed by atoms with Crippen LogP contribution >= 0.6 is 12.2 Å². The first-order valence-electron chi connectivity index (χ1n) is 4.19. The van der Waals surface area contributed by atoms with Crippen LogP contribution in [0.15, 0.2) is 11.8 Å². The molecular formula is C8H10N2O2S. The Morgan fingerprint density at radius 1 is 1.62 bits per heavy atom. The third kappa shape index (κ3) is 2.42. The number of cyclic esters (lactones) is 1. The molecule has 2 aliphatic rings. The van der Waals surface area contributed by atoms with E-state index >= 15 is 0 Å². The van der Waals surface area contributed by atoms with Gasteiger partial charge in [-0.3, -0.25) is 0 Å². The fraction of sp³-hybridized carbons (Fsp3) is 0.500. The monoisotopic (exact) mass is 198 g/mol. The van der Waals surface area contributed by atoms with Crippen molar-refractivity contribution >= 4 is 23.3 Å². The van der Waals surface area contributed by atoms with Gasteiger partial charge in [-0.2, -0.15) is 0 Å². The molecule has 0 aromatic carbocycles. The Balaban J connectivity index is 1.79. The minimum Gasteiger partial charge on any atom is -0.456 e. The molecule has 0 bridgehead atoms. The number of ether oxygens (including phenoxy) is 1. The lowest BCUT2D eigenvalue weighted by Gasteiger charge is -2.08. The lowest BCUT2D eigenvalue weighted by atomic mass is 10.4. The highest BCUT2D eigenvalue weighted by atomic mass is 32.1. The second kappa shape index (κ2) is 3.33. The number of rotatable bonds is 2. The van der Waals surface area contributed by atoms with Gasteiger partial charge in [0.1, 0.15) is 6.61 Å². The SMILES string of the molecule is O=C1C=C(NC(=S)NC2CC2)CO1. The van der Waals surface area contributed by atoms with Crippen LogP contribution in [-0.2, 0) is 9.53 Å². The van der Waals surface area contributed by atoms with Gasteiger partial charge in [-0.05, 0) is 25.1 Å². The van der Waals surface area contributed by atoms with Crippen molar-refractivity contribution in [2.75, 3.05) is 6.61 Å². The minimum atomic E-state index is -0.309. The van der Waals surface area contributed by atoms with Crippen LogP contribution < -0.4 is 10.6 Å². The first-order valence-corrected chi connectivity index (χ1v) is 4.60. The van der Waals surface area contributed by atoms with Gasteiger partial charge in [-0.25, -0.2) is 4.79 Å². The predicted octanol–water partition coefficient (Wildman–Crippen LogP) is 0.0536. The van der Waals surface area contributed by atoms with E-state index in [4.69, 9.17) is 17.0 Å². The molecule has 2 rings (SSSR count). The van der Waals surface area contributed by atoms with Crippen LogP contribution in [0.3, 0.4) is 0 Å². The van der Waals surface area contributed by atoms with Crippen molar-refractivity contribution in [2.45, 2.75) is 18.9 Å². The molecule has 1 heterocycles. The molecule has 5 heteroatoms. The van der Waals surface area contributed by atoms with Crippen LogP contribution in [0, 0.1) is 0 Å². The van der Waals surface area contributed by atoms with E-state index < -0.39 is 0 Å². The van der Waals surface area contributed by atoms with Gasteiger partial charge in [-0.1, -0.05) is 0 Å². The Kier molecular flexibility index (Phi) is 2.18. The van der Waals surface area contributed by atoms with E-state index in [0.29, 0.717) is 17.8 Å². The molecule has 0 aromatic rings. The van der Waals surface area contributed by atoms with Gasteiger partial charge in [0.2, 0.25) is 0 Å². The Hall–Kier alpha value is -1.10. The molecule has 1 aliphatic carbocycles. The molecule has 0 spiro atoms. The van der Waals surface area contributed by atoms with Crippen molar-refractivity contribution in [2.24, 2.45) is 0 Å². The molecule has 13 heavy (non-hydrogen) atoms. The quantitative estimate of drug-likeness (QED) is 0.485. The molecule has 1 fully saturated rings. The summed E-state index contributed by atoms with van der Waals surface area (Å²) in [6.07, 6.45) is 3.77. The molecule has 2 N–H and O–H groups in total. The summed E-state index contributed by atoms with van der Waals surface area (Å²) in [5.74, 6) is -0.309. The highest BCUT2D eigenvalue weighted by Gasteiger charge is 2.22. The first-order chi connectivity index (χ1) is 6.24. The van der Waals surface area contributed by atoms with Gasteiger partial charge in [0.25, 0.3) is 0 Å². The van der Waals surface area contributed by atoms with Gasteiger partial charge < -0.3 is 15.4 Å². The third-order valence-electron chi connectivity index (χ3n) is 1.85. The van der Waals surface area contributed by atoms with Gasteiger partial charge >= 0.3 is 5.97 Å². The maximum atomic E-state index is 10.7. The van der Waals surface area contributed by atoms with Gasteiger partial charge in [0.15, 0.2) is 5.11 Å². The molecule has 0 radical (unpaired) electrons. The molecule has 1 saturated carbocycles. The number of thiocarbonyl (C=S) groups is 1. The highest BCUT2D eigenvalue weighted by Crippen LogP contribution is 2.18. The molecule has 4 nitrogen and oxygen atoms in total. The Bertz CT molecular complexity index is 284. The smallest absolute Gasteiger partial charge is 0.333 e. The number of hydrogen-bond acceptors (Lipinski definition) is 3. The maximum absolute atomic E-state index is 10.7. The Morgan fingerprint density at radius 3 is 2.92 bits per heavy atom. The summed E-state index contributed by atoms with van der Waals surface area (Å²) < 4.78 is 4.71. The number of nitrogens with one attached hydrogen (secondary N) is 2. The summed E-state index contributed by atoms with van der Waals surface area (Å²) in [5, 5.41) is 6.60. The molecule has 0 saturated heterocycles. The van der Waals surface area contributed by atoms with Crippen molar-refractivity contribution in [3.63, 3.8) is 0 Å². The van der Waals surface area contributed by atoms with Crippen molar-refractivity contribution in [3.05, 3.63) is 11.8 Å². The fourth-order valence-electron chi connectivity index (χ4n) is 1.04. The summed E-state index contributed by atoms with van der Waals surface area (Å²) in [7, 11) is 0. The van der Waals surface area contributed by atoms with E-state index in [1.54, 1.807) is 0 Å². The Morgan fingerprint density at radius 2 is 2.38 bits per heavy atom. The molecule has 70 valence electrons. The van der Waals surface area contributed by atoms with E-state index in [-0.39, 0.29) is 5.97 Å². The number of hydrogen-bond donors (Lipinski definition) is 2. The zero-order valence-corrected chi connectivity index (χ0v) is 7.82. The average molecular weight is 198 g/mol. The van der Waals surface area contributed by atoms with E-state index in [1.165, 1.54) is 18.9 Å². The number of carbonyl (C=O) groups excluding carboxylic acids is 1. The number of esters is 1. The molecular weight excluding hydrogens is 188 g/mol. The van der Waals surface area contributed by atoms with Crippen LogP contribution in [-0.4, -0.2) is 23.7 Å². The second-order valence-corrected chi connectivity index (χ2v) is 3.56. The van der Waals surface area contributed by atoms with Crippen LogP contribution in [0.5, 0.6) is 0 Å².